The van der Waals surface area contributed by atoms with Gasteiger partial charge in [0.1, 0.15) is 4.90 Å². The SMILES string of the molecule is CN1CCN(S(=O)(=O)c2cnn(C)c2)C(c2ccccc2)C1. The third-order valence-corrected chi connectivity index (χ3v) is 5.87. The van der Waals surface area contributed by atoms with Crippen LogP contribution >= 0.6 is 0 Å². The molecule has 0 spiro atoms. The Labute approximate surface area is 131 Å². The zero-order valence-electron chi connectivity index (χ0n) is 12.8. The van der Waals surface area contributed by atoms with Crippen LogP contribution in [-0.2, 0) is 17.1 Å². The standard InChI is InChI=1S/C15H20N4O2S/c1-17-8-9-19(15(12-17)13-6-4-3-5-7-13)22(20,21)14-10-16-18(2)11-14/h3-7,10-11,15H,8-9,12H2,1-2H3. The lowest BCUT2D eigenvalue weighted by molar-refractivity contribution is 0.160. The first-order chi connectivity index (χ1) is 10.5. The summed E-state index contributed by atoms with van der Waals surface area (Å²) < 4.78 is 29.0. The first-order valence-electron chi connectivity index (χ1n) is 7.22. The molecule has 6 nitrogen and oxygen atoms in total. The maximum atomic E-state index is 12.9. The van der Waals surface area contributed by atoms with E-state index in [-0.39, 0.29) is 10.9 Å². The molecule has 1 aromatic carbocycles. The fourth-order valence-electron chi connectivity index (χ4n) is 2.80. The van der Waals surface area contributed by atoms with E-state index in [1.807, 2.05) is 37.4 Å². The molecule has 1 saturated heterocycles. The van der Waals surface area contributed by atoms with Gasteiger partial charge in [0.2, 0.25) is 10.0 Å². The van der Waals surface area contributed by atoms with Crippen LogP contribution in [0.15, 0.2) is 47.6 Å². The summed E-state index contributed by atoms with van der Waals surface area (Å²) in [7, 11) is 0.199. The Morgan fingerprint density at radius 1 is 1.14 bits per heavy atom. The van der Waals surface area contributed by atoms with Crippen molar-refractivity contribution in [2.75, 3.05) is 26.7 Å². The lowest BCUT2D eigenvalue weighted by Crippen LogP contribution is -2.49. The Hall–Kier alpha value is -1.70. The highest BCUT2D eigenvalue weighted by Crippen LogP contribution is 2.30. The second kappa shape index (κ2) is 5.83. The molecule has 0 aliphatic carbocycles. The number of benzene rings is 1. The Balaban J connectivity index is 1.99. The molecule has 0 N–H and O–H groups in total. The summed E-state index contributed by atoms with van der Waals surface area (Å²) in [5.74, 6) is 0. The minimum Gasteiger partial charge on any atom is -0.303 e. The summed E-state index contributed by atoms with van der Waals surface area (Å²) in [5, 5.41) is 3.99. The molecule has 0 amide bonds. The summed E-state index contributed by atoms with van der Waals surface area (Å²) in [6.07, 6.45) is 2.96. The summed E-state index contributed by atoms with van der Waals surface area (Å²) in [6.45, 7) is 1.89. The van der Waals surface area contributed by atoms with Crippen LogP contribution in [-0.4, -0.2) is 54.1 Å². The van der Waals surface area contributed by atoms with Gasteiger partial charge < -0.3 is 4.90 Å². The highest BCUT2D eigenvalue weighted by molar-refractivity contribution is 7.89. The number of nitrogens with zero attached hydrogens (tertiary/aromatic N) is 4. The van der Waals surface area contributed by atoms with Crippen molar-refractivity contribution in [1.29, 1.82) is 0 Å². The Morgan fingerprint density at radius 2 is 1.86 bits per heavy atom. The topological polar surface area (TPSA) is 58.4 Å². The van der Waals surface area contributed by atoms with Crippen molar-refractivity contribution in [3.8, 4) is 0 Å². The van der Waals surface area contributed by atoms with Gasteiger partial charge in [-0.15, -0.1) is 0 Å². The Bertz CT molecular complexity index is 742. The minimum absolute atomic E-state index is 0.176. The quantitative estimate of drug-likeness (QED) is 0.850. The van der Waals surface area contributed by atoms with Crippen LogP contribution in [0.4, 0.5) is 0 Å². The molecule has 1 fully saturated rings. The van der Waals surface area contributed by atoms with E-state index in [1.54, 1.807) is 17.5 Å². The lowest BCUT2D eigenvalue weighted by atomic mass is 10.1. The van der Waals surface area contributed by atoms with Gasteiger partial charge in [0, 0.05) is 32.9 Å². The van der Waals surface area contributed by atoms with Gasteiger partial charge in [-0.1, -0.05) is 30.3 Å². The summed E-state index contributed by atoms with van der Waals surface area (Å²) in [4.78, 5) is 2.41. The normalized spacial score (nSPS) is 21.1. The van der Waals surface area contributed by atoms with Gasteiger partial charge in [0.05, 0.1) is 12.2 Å². The van der Waals surface area contributed by atoms with Gasteiger partial charge in [-0.2, -0.15) is 9.40 Å². The van der Waals surface area contributed by atoms with Gasteiger partial charge in [-0.05, 0) is 12.6 Å². The van der Waals surface area contributed by atoms with Crippen LogP contribution in [0, 0.1) is 0 Å². The molecule has 1 aliphatic rings. The average molecular weight is 320 g/mol. The summed E-state index contributed by atoms with van der Waals surface area (Å²) in [6, 6.07) is 9.61. The van der Waals surface area contributed by atoms with Crippen molar-refractivity contribution in [3.05, 3.63) is 48.3 Å². The van der Waals surface area contributed by atoms with Crippen molar-refractivity contribution in [2.45, 2.75) is 10.9 Å². The predicted molar refractivity (Wildman–Crippen MR) is 83.8 cm³/mol. The van der Waals surface area contributed by atoms with Crippen molar-refractivity contribution >= 4 is 10.0 Å². The molecule has 22 heavy (non-hydrogen) atoms. The first kappa shape index (κ1) is 15.2. The van der Waals surface area contributed by atoms with E-state index in [4.69, 9.17) is 0 Å². The van der Waals surface area contributed by atoms with E-state index < -0.39 is 10.0 Å². The van der Waals surface area contributed by atoms with Crippen LogP contribution in [0.25, 0.3) is 0 Å². The van der Waals surface area contributed by atoms with Crippen molar-refractivity contribution in [2.24, 2.45) is 7.05 Å². The summed E-state index contributed by atoms with van der Waals surface area (Å²) in [5.41, 5.74) is 1.02. The molecule has 1 aliphatic heterocycles. The van der Waals surface area contributed by atoms with Crippen molar-refractivity contribution in [1.82, 2.24) is 19.0 Å². The average Bonchev–Trinajstić information content (AvgIpc) is 2.95. The molecule has 3 rings (SSSR count). The first-order valence-corrected chi connectivity index (χ1v) is 8.66. The molecule has 1 unspecified atom stereocenters. The number of hydrogen-bond acceptors (Lipinski definition) is 4. The summed E-state index contributed by atoms with van der Waals surface area (Å²) >= 11 is 0. The van der Waals surface area contributed by atoms with Gasteiger partial charge in [-0.25, -0.2) is 8.42 Å². The lowest BCUT2D eigenvalue weighted by Gasteiger charge is -2.39. The number of hydrogen-bond donors (Lipinski definition) is 0. The number of piperazine rings is 1. The molecule has 0 saturated carbocycles. The number of aryl methyl sites for hydroxylation is 1. The predicted octanol–water partition coefficient (Wildman–Crippen LogP) is 1.10. The molecule has 7 heteroatoms. The highest BCUT2D eigenvalue weighted by Gasteiger charge is 2.36. The van der Waals surface area contributed by atoms with E-state index in [9.17, 15) is 8.42 Å². The molecular formula is C15H20N4O2S. The highest BCUT2D eigenvalue weighted by atomic mass is 32.2. The number of aromatic nitrogens is 2. The van der Waals surface area contributed by atoms with Crippen molar-refractivity contribution in [3.63, 3.8) is 0 Å². The molecule has 1 aromatic heterocycles. The van der Waals surface area contributed by atoms with E-state index in [0.29, 0.717) is 13.1 Å². The third kappa shape index (κ3) is 2.79. The zero-order valence-corrected chi connectivity index (χ0v) is 13.6. The van der Waals surface area contributed by atoms with Crippen LogP contribution in [0.2, 0.25) is 0 Å². The third-order valence-electron chi connectivity index (χ3n) is 4.01. The largest absolute Gasteiger partial charge is 0.303 e. The number of sulfonamides is 1. The molecule has 0 bridgehead atoms. The smallest absolute Gasteiger partial charge is 0.246 e. The second-order valence-corrected chi connectivity index (χ2v) is 7.54. The molecule has 2 aromatic rings. The fourth-order valence-corrected chi connectivity index (χ4v) is 4.39. The van der Waals surface area contributed by atoms with E-state index in [1.165, 1.54) is 10.9 Å². The molecule has 118 valence electrons. The second-order valence-electron chi connectivity index (χ2n) is 5.65. The van der Waals surface area contributed by atoms with E-state index in [2.05, 4.69) is 10.00 Å². The van der Waals surface area contributed by atoms with Gasteiger partial charge in [-0.3, -0.25) is 4.68 Å². The minimum atomic E-state index is -3.54. The van der Waals surface area contributed by atoms with E-state index >= 15 is 0 Å². The van der Waals surface area contributed by atoms with Gasteiger partial charge in [0.25, 0.3) is 0 Å². The zero-order chi connectivity index (χ0) is 15.7. The maximum absolute atomic E-state index is 12.9. The van der Waals surface area contributed by atoms with E-state index in [0.717, 1.165) is 12.1 Å². The van der Waals surface area contributed by atoms with Gasteiger partial charge in [0.15, 0.2) is 0 Å². The van der Waals surface area contributed by atoms with Crippen LogP contribution in [0.1, 0.15) is 11.6 Å². The monoisotopic (exact) mass is 320 g/mol. The van der Waals surface area contributed by atoms with Crippen LogP contribution < -0.4 is 0 Å². The number of rotatable bonds is 3. The fraction of sp³-hybridized carbons (Fsp3) is 0.400. The number of likely N-dealkylation sites (N-methyl/N-ethyl adjacent to an activating group) is 1. The molecular weight excluding hydrogens is 300 g/mol. The van der Waals surface area contributed by atoms with Crippen LogP contribution in [0.3, 0.4) is 0 Å². The molecule has 0 radical (unpaired) electrons. The Kier molecular flexibility index (Phi) is 4.03. The van der Waals surface area contributed by atoms with Crippen molar-refractivity contribution < 1.29 is 8.42 Å². The van der Waals surface area contributed by atoms with Gasteiger partial charge >= 0.3 is 0 Å². The molecule has 1 atom stereocenters. The molecule has 2 heterocycles. The van der Waals surface area contributed by atoms with Crippen LogP contribution in [0.5, 0.6) is 0 Å². The maximum Gasteiger partial charge on any atom is 0.246 e. The Morgan fingerprint density at radius 3 is 2.50 bits per heavy atom.